The summed E-state index contributed by atoms with van der Waals surface area (Å²) in [4.78, 5) is 0. The second kappa shape index (κ2) is 5.28. The third kappa shape index (κ3) is 2.33. The van der Waals surface area contributed by atoms with E-state index >= 15 is 0 Å². The second-order valence-corrected chi connectivity index (χ2v) is 4.52. The predicted octanol–water partition coefficient (Wildman–Crippen LogP) is 3.27. The highest BCUT2D eigenvalue weighted by Crippen LogP contribution is 2.28. The fraction of sp³-hybridized carbons (Fsp3) is 0.0625. The van der Waals surface area contributed by atoms with Gasteiger partial charge >= 0.3 is 0 Å². The molecule has 2 N–H and O–H groups in total. The largest absolute Gasteiger partial charge is 0.494 e. The van der Waals surface area contributed by atoms with Crippen LogP contribution in [0.25, 0.3) is 16.9 Å². The Balaban J connectivity index is 2.13. The lowest BCUT2D eigenvalue weighted by molar-refractivity contribution is 0.412. The number of benzene rings is 2. The number of aromatic nitrogens is 2. The lowest BCUT2D eigenvalue weighted by Crippen LogP contribution is -2.03. The van der Waals surface area contributed by atoms with E-state index in [4.69, 9.17) is 10.5 Å². The zero-order valence-corrected chi connectivity index (χ0v) is 11.5. The Labute approximate surface area is 121 Å². The van der Waals surface area contributed by atoms with Crippen molar-refractivity contribution in [1.29, 1.82) is 0 Å². The number of hydrogen-bond acceptors (Lipinski definition) is 3. The molecule has 1 heterocycles. The second-order valence-electron chi connectivity index (χ2n) is 4.52. The van der Waals surface area contributed by atoms with Gasteiger partial charge in [0.05, 0.1) is 12.8 Å². The van der Waals surface area contributed by atoms with Gasteiger partial charge in [-0.1, -0.05) is 24.3 Å². The van der Waals surface area contributed by atoms with Crippen LogP contribution < -0.4 is 10.5 Å². The highest BCUT2D eigenvalue weighted by Gasteiger charge is 2.14. The number of anilines is 1. The van der Waals surface area contributed by atoms with E-state index in [1.807, 2.05) is 24.3 Å². The molecule has 0 radical (unpaired) electrons. The van der Waals surface area contributed by atoms with Crippen LogP contribution in [-0.4, -0.2) is 16.9 Å². The van der Waals surface area contributed by atoms with Crippen molar-refractivity contribution in [3.8, 4) is 22.7 Å². The number of nitrogen functional groups attached to an aromatic ring is 1. The highest BCUT2D eigenvalue weighted by molar-refractivity contribution is 5.65. The number of methoxy groups -OCH3 is 1. The average Bonchev–Trinajstić information content (AvgIpc) is 2.89. The van der Waals surface area contributed by atoms with E-state index in [2.05, 4.69) is 5.10 Å². The molecule has 0 spiro atoms. The maximum atomic E-state index is 13.8. The molecule has 0 amide bonds. The van der Waals surface area contributed by atoms with E-state index in [9.17, 15) is 4.39 Å². The number of rotatable bonds is 3. The summed E-state index contributed by atoms with van der Waals surface area (Å²) in [6.45, 7) is 0. The Kier molecular flexibility index (Phi) is 3.31. The van der Waals surface area contributed by atoms with Gasteiger partial charge in [-0.2, -0.15) is 5.10 Å². The first-order chi connectivity index (χ1) is 10.2. The number of para-hydroxylation sites is 2. The molecular weight excluding hydrogens is 269 g/mol. The molecule has 0 saturated heterocycles. The molecule has 3 aromatic rings. The zero-order chi connectivity index (χ0) is 14.8. The molecule has 3 rings (SSSR count). The fourth-order valence-electron chi connectivity index (χ4n) is 2.19. The van der Waals surface area contributed by atoms with Crippen LogP contribution >= 0.6 is 0 Å². The summed E-state index contributed by atoms with van der Waals surface area (Å²) in [6, 6.07) is 15.5. The van der Waals surface area contributed by atoms with Crippen LogP contribution in [0.4, 0.5) is 10.2 Å². The average molecular weight is 283 g/mol. The molecule has 0 saturated carbocycles. The van der Waals surface area contributed by atoms with Crippen molar-refractivity contribution in [2.24, 2.45) is 0 Å². The first-order valence-electron chi connectivity index (χ1n) is 6.44. The first-order valence-corrected chi connectivity index (χ1v) is 6.44. The normalized spacial score (nSPS) is 10.6. The van der Waals surface area contributed by atoms with Crippen LogP contribution in [0.1, 0.15) is 0 Å². The van der Waals surface area contributed by atoms with Gasteiger partial charge in [0.25, 0.3) is 0 Å². The van der Waals surface area contributed by atoms with Gasteiger partial charge in [-0.3, -0.25) is 0 Å². The van der Waals surface area contributed by atoms with Crippen molar-refractivity contribution in [2.45, 2.75) is 0 Å². The van der Waals surface area contributed by atoms with E-state index in [-0.39, 0.29) is 5.82 Å². The van der Waals surface area contributed by atoms with Gasteiger partial charge in [0, 0.05) is 11.6 Å². The van der Waals surface area contributed by atoms with Crippen LogP contribution in [0, 0.1) is 5.82 Å². The van der Waals surface area contributed by atoms with Gasteiger partial charge in [-0.25, -0.2) is 9.07 Å². The lowest BCUT2D eigenvalue weighted by Gasteiger charge is -2.09. The van der Waals surface area contributed by atoms with Crippen LogP contribution in [-0.2, 0) is 0 Å². The molecule has 0 unspecified atom stereocenters. The minimum atomic E-state index is -0.331. The van der Waals surface area contributed by atoms with E-state index in [0.29, 0.717) is 28.5 Å². The third-order valence-electron chi connectivity index (χ3n) is 3.20. The van der Waals surface area contributed by atoms with Gasteiger partial charge in [0.1, 0.15) is 23.1 Å². The summed E-state index contributed by atoms with van der Waals surface area (Å²) in [6.07, 6.45) is 0. The molecule has 0 aliphatic heterocycles. The number of ether oxygens (including phenoxy) is 1. The van der Waals surface area contributed by atoms with Crippen LogP contribution in [0.2, 0.25) is 0 Å². The van der Waals surface area contributed by atoms with Crippen molar-refractivity contribution < 1.29 is 9.13 Å². The third-order valence-corrected chi connectivity index (χ3v) is 3.20. The summed E-state index contributed by atoms with van der Waals surface area (Å²) in [7, 11) is 1.58. The van der Waals surface area contributed by atoms with Gasteiger partial charge in [-0.15, -0.1) is 0 Å². The quantitative estimate of drug-likeness (QED) is 0.802. The van der Waals surface area contributed by atoms with Gasteiger partial charge < -0.3 is 10.5 Å². The molecule has 0 aliphatic rings. The Bertz CT molecular complexity index is 783. The smallest absolute Gasteiger partial charge is 0.144 e. The predicted molar refractivity (Wildman–Crippen MR) is 79.9 cm³/mol. The van der Waals surface area contributed by atoms with Crippen molar-refractivity contribution in [3.05, 3.63) is 60.4 Å². The molecule has 4 nitrogen and oxygen atoms in total. The molecular formula is C16H14FN3O. The number of nitrogens with two attached hydrogens (primary N) is 1. The fourth-order valence-corrected chi connectivity index (χ4v) is 2.19. The summed E-state index contributed by atoms with van der Waals surface area (Å²) in [5, 5.41) is 4.39. The number of halogens is 1. The topological polar surface area (TPSA) is 53.1 Å². The van der Waals surface area contributed by atoms with Crippen molar-refractivity contribution in [3.63, 3.8) is 0 Å². The van der Waals surface area contributed by atoms with Crippen LogP contribution in [0.3, 0.4) is 0 Å². The summed E-state index contributed by atoms with van der Waals surface area (Å²) < 4.78 is 20.7. The summed E-state index contributed by atoms with van der Waals surface area (Å²) in [5.41, 5.74) is 7.61. The Morgan fingerprint density at radius 2 is 1.81 bits per heavy atom. The first kappa shape index (κ1) is 13.2. The number of nitrogens with zero attached hydrogens (tertiary/aromatic N) is 2. The van der Waals surface area contributed by atoms with Gasteiger partial charge in [0.2, 0.25) is 0 Å². The summed E-state index contributed by atoms with van der Waals surface area (Å²) >= 11 is 0. The van der Waals surface area contributed by atoms with Gasteiger partial charge in [0.15, 0.2) is 0 Å². The minimum Gasteiger partial charge on any atom is -0.494 e. The molecule has 0 atom stereocenters. The molecule has 5 heteroatoms. The van der Waals surface area contributed by atoms with Crippen molar-refractivity contribution >= 4 is 5.82 Å². The zero-order valence-electron chi connectivity index (χ0n) is 11.5. The Hall–Kier alpha value is -2.82. The lowest BCUT2D eigenvalue weighted by atomic mass is 10.1. The molecule has 0 fully saturated rings. The maximum Gasteiger partial charge on any atom is 0.144 e. The highest BCUT2D eigenvalue weighted by atomic mass is 19.1. The van der Waals surface area contributed by atoms with E-state index in [0.717, 1.165) is 0 Å². The van der Waals surface area contributed by atoms with Crippen molar-refractivity contribution in [2.75, 3.05) is 12.8 Å². The van der Waals surface area contributed by atoms with Gasteiger partial charge in [-0.05, 0) is 24.3 Å². The standard InChI is InChI=1S/C16H14FN3O/c1-21-15-9-5-4-8-14(15)20-16(18)10-13(19-20)11-6-2-3-7-12(11)17/h2-10H,18H2,1H3. The van der Waals surface area contributed by atoms with E-state index < -0.39 is 0 Å². The van der Waals surface area contributed by atoms with Crippen LogP contribution in [0.5, 0.6) is 5.75 Å². The van der Waals surface area contributed by atoms with E-state index in [1.165, 1.54) is 6.07 Å². The Morgan fingerprint density at radius 1 is 1.10 bits per heavy atom. The van der Waals surface area contributed by atoms with Crippen LogP contribution in [0.15, 0.2) is 54.6 Å². The van der Waals surface area contributed by atoms with E-state index in [1.54, 1.807) is 36.1 Å². The van der Waals surface area contributed by atoms with Crippen molar-refractivity contribution in [1.82, 2.24) is 9.78 Å². The molecule has 21 heavy (non-hydrogen) atoms. The number of hydrogen-bond donors (Lipinski definition) is 1. The maximum absolute atomic E-state index is 13.8. The molecule has 2 aromatic carbocycles. The molecule has 1 aromatic heterocycles. The SMILES string of the molecule is COc1ccccc1-n1nc(-c2ccccc2F)cc1N. The monoisotopic (exact) mass is 283 g/mol. The Morgan fingerprint density at radius 3 is 2.57 bits per heavy atom. The summed E-state index contributed by atoms with van der Waals surface area (Å²) in [5.74, 6) is 0.729. The molecule has 0 aliphatic carbocycles. The molecule has 106 valence electrons. The minimum absolute atomic E-state index is 0.331. The molecule has 0 bridgehead atoms.